The summed E-state index contributed by atoms with van der Waals surface area (Å²) in [6.45, 7) is 3.13. The van der Waals surface area contributed by atoms with Gasteiger partial charge in [0.05, 0.1) is 32.3 Å². The quantitative estimate of drug-likeness (QED) is 0.242. The number of amides is 1. The van der Waals surface area contributed by atoms with E-state index >= 15 is 0 Å². The molecule has 1 N–H and O–H groups in total. The first-order valence-electron chi connectivity index (χ1n) is 13.2. The van der Waals surface area contributed by atoms with Crippen molar-refractivity contribution in [1.82, 2.24) is 5.32 Å². The standard InChI is InChI=1S/C31H36N2O6S/c1-21(34)39-29-30(23-10-7-11-24(19-23)36-2)40-28-13-6-5-12-27(28)33(31(29)35)16-15-32-14-8-9-22-17-25(37-3)20-26(18-22)38-4/h5-7,10-13,17-20,29-30,32H,8-9,14-16H2,1-4H3. The highest BCUT2D eigenvalue weighted by Gasteiger charge is 2.40. The van der Waals surface area contributed by atoms with Crippen LogP contribution in [0, 0.1) is 0 Å². The molecule has 0 aliphatic carbocycles. The zero-order valence-corrected chi connectivity index (χ0v) is 24.2. The van der Waals surface area contributed by atoms with Crippen LogP contribution < -0.4 is 24.4 Å². The number of nitrogens with one attached hydrogen (secondary N) is 1. The number of carbonyl (C=O) groups excluding carboxylic acids is 2. The average Bonchev–Trinajstić information content (AvgIpc) is 3.08. The fraction of sp³-hybridized carbons (Fsp3) is 0.355. The second-order valence-electron chi connectivity index (χ2n) is 9.38. The Labute approximate surface area is 239 Å². The van der Waals surface area contributed by atoms with Crippen LogP contribution in [0.5, 0.6) is 17.2 Å². The molecule has 0 saturated carbocycles. The van der Waals surface area contributed by atoms with Gasteiger partial charge in [-0.15, -0.1) is 11.8 Å². The van der Waals surface area contributed by atoms with E-state index in [1.807, 2.05) is 66.7 Å². The molecule has 9 heteroatoms. The lowest BCUT2D eigenvalue weighted by atomic mass is 10.1. The number of ether oxygens (including phenoxy) is 4. The summed E-state index contributed by atoms with van der Waals surface area (Å²) in [5.41, 5.74) is 2.80. The molecule has 1 aliphatic rings. The van der Waals surface area contributed by atoms with Gasteiger partial charge in [-0.3, -0.25) is 9.59 Å². The molecule has 0 bridgehead atoms. The lowest BCUT2D eigenvalue weighted by Gasteiger charge is -2.27. The van der Waals surface area contributed by atoms with Crippen LogP contribution in [0.25, 0.3) is 0 Å². The van der Waals surface area contributed by atoms with Crippen molar-refractivity contribution in [2.24, 2.45) is 0 Å². The monoisotopic (exact) mass is 564 g/mol. The summed E-state index contributed by atoms with van der Waals surface area (Å²) >= 11 is 1.52. The molecule has 212 valence electrons. The van der Waals surface area contributed by atoms with Crippen molar-refractivity contribution >= 4 is 29.3 Å². The lowest BCUT2D eigenvalue weighted by Crippen LogP contribution is -2.45. The van der Waals surface area contributed by atoms with Crippen molar-refractivity contribution in [3.8, 4) is 17.2 Å². The smallest absolute Gasteiger partial charge is 0.303 e. The Balaban J connectivity index is 1.46. The fourth-order valence-electron chi connectivity index (χ4n) is 4.71. The summed E-state index contributed by atoms with van der Waals surface area (Å²) in [6.07, 6.45) is 0.787. The predicted octanol–water partition coefficient (Wildman–Crippen LogP) is 5.05. The molecule has 0 saturated heterocycles. The van der Waals surface area contributed by atoms with Crippen molar-refractivity contribution in [1.29, 1.82) is 0 Å². The fourth-order valence-corrected chi connectivity index (χ4v) is 6.02. The Kier molecular flexibility index (Phi) is 10.3. The molecule has 0 radical (unpaired) electrons. The van der Waals surface area contributed by atoms with E-state index in [-0.39, 0.29) is 5.91 Å². The molecule has 0 fully saturated rings. The molecule has 8 nitrogen and oxygen atoms in total. The van der Waals surface area contributed by atoms with Gasteiger partial charge in [0.25, 0.3) is 5.91 Å². The molecule has 3 aromatic carbocycles. The van der Waals surface area contributed by atoms with Gasteiger partial charge in [0.1, 0.15) is 17.2 Å². The van der Waals surface area contributed by atoms with Crippen LogP contribution >= 0.6 is 11.8 Å². The average molecular weight is 565 g/mol. The number of esters is 1. The van der Waals surface area contributed by atoms with Gasteiger partial charge < -0.3 is 29.2 Å². The number of hydrogen-bond donors (Lipinski definition) is 1. The van der Waals surface area contributed by atoms with E-state index in [9.17, 15) is 9.59 Å². The number of methoxy groups -OCH3 is 3. The summed E-state index contributed by atoms with van der Waals surface area (Å²) in [6, 6.07) is 21.3. The van der Waals surface area contributed by atoms with Crippen molar-refractivity contribution < 1.29 is 28.5 Å². The van der Waals surface area contributed by atoms with Crippen LogP contribution in [0.1, 0.15) is 29.7 Å². The number of carbonyl (C=O) groups is 2. The number of hydrogen-bond acceptors (Lipinski definition) is 8. The Morgan fingerprint density at radius 3 is 2.33 bits per heavy atom. The zero-order valence-electron chi connectivity index (χ0n) is 23.3. The third-order valence-corrected chi connectivity index (χ3v) is 8.02. The minimum atomic E-state index is -0.981. The first-order chi connectivity index (χ1) is 19.4. The molecule has 1 heterocycles. The number of nitrogens with zero attached hydrogens (tertiary/aromatic N) is 1. The van der Waals surface area contributed by atoms with Crippen LogP contribution in [0.3, 0.4) is 0 Å². The largest absolute Gasteiger partial charge is 0.497 e. The normalized spacial score (nSPS) is 16.6. The topological polar surface area (TPSA) is 86.3 Å². The maximum Gasteiger partial charge on any atom is 0.303 e. The lowest BCUT2D eigenvalue weighted by molar-refractivity contribution is -0.152. The SMILES string of the molecule is COc1cc(CCCNCCN2C(=O)C(OC(C)=O)C(c3cccc(OC)c3)Sc3ccccc32)cc(OC)c1. The summed E-state index contributed by atoms with van der Waals surface area (Å²) in [4.78, 5) is 28.8. The molecular weight excluding hydrogens is 528 g/mol. The van der Waals surface area contributed by atoms with Gasteiger partial charge >= 0.3 is 5.97 Å². The van der Waals surface area contributed by atoms with Gasteiger partial charge in [0, 0.05) is 31.0 Å². The Hall–Kier alpha value is -3.69. The Bertz CT molecular complexity index is 1290. The number of para-hydroxylation sites is 1. The van der Waals surface area contributed by atoms with E-state index in [0.717, 1.165) is 52.6 Å². The van der Waals surface area contributed by atoms with Crippen molar-refractivity contribution in [3.63, 3.8) is 0 Å². The van der Waals surface area contributed by atoms with Crippen molar-refractivity contribution in [3.05, 3.63) is 77.9 Å². The highest BCUT2D eigenvalue weighted by Crippen LogP contribution is 2.47. The highest BCUT2D eigenvalue weighted by atomic mass is 32.2. The van der Waals surface area contributed by atoms with Gasteiger partial charge in [0.15, 0.2) is 6.10 Å². The summed E-state index contributed by atoms with van der Waals surface area (Å²) in [7, 11) is 4.89. The summed E-state index contributed by atoms with van der Waals surface area (Å²) < 4.78 is 21.8. The minimum Gasteiger partial charge on any atom is -0.497 e. The van der Waals surface area contributed by atoms with Crippen molar-refractivity contribution in [2.75, 3.05) is 45.9 Å². The van der Waals surface area contributed by atoms with Gasteiger partial charge in [-0.2, -0.15) is 0 Å². The van der Waals surface area contributed by atoms with Gasteiger partial charge in [0.2, 0.25) is 0 Å². The first-order valence-corrected chi connectivity index (χ1v) is 14.1. The van der Waals surface area contributed by atoms with E-state index in [1.54, 1.807) is 26.2 Å². The molecule has 3 aromatic rings. The molecule has 1 aliphatic heterocycles. The summed E-state index contributed by atoms with van der Waals surface area (Å²) in [5, 5.41) is 3.03. The van der Waals surface area contributed by atoms with E-state index in [4.69, 9.17) is 18.9 Å². The van der Waals surface area contributed by atoms with Crippen LogP contribution in [0.4, 0.5) is 5.69 Å². The third-order valence-electron chi connectivity index (χ3n) is 6.65. The second-order valence-corrected chi connectivity index (χ2v) is 10.6. The second kappa shape index (κ2) is 14.1. The van der Waals surface area contributed by atoms with E-state index in [2.05, 4.69) is 5.32 Å². The van der Waals surface area contributed by atoms with Crippen LogP contribution in [0.2, 0.25) is 0 Å². The van der Waals surface area contributed by atoms with Crippen molar-refractivity contribution in [2.45, 2.75) is 36.0 Å². The number of aryl methyl sites for hydroxylation is 1. The van der Waals surface area contributed by atoms with E-state index in [1.165, 1.54) is 18.7 Å². The number of benzene rings is 3. The maximum absolute atomic E-state index is 14.0. The van der Waals surface area contributed by atoms with Crippen LogP contribution in [-0.2, 0) is 20.7 Å². The molecule has 1 amide bonds. The molecule has 0 aromatic heterocycles. The molecule has 2 atom stereocenters. The number of anilines is 1. The van der Waals surface area contributed by atoms with Crippen LogP contribution in [-0.4, -0.2) is 58.9 Å². The molecule has 2 unspecified atom stereocenters. The van der Waals surface area contributed by atoms with Gasteiger partial charge in [-0.25, -0.2) is 0 Å². The zero-order chi connectivity index (χ0) is 28.5. The first kappa shape index (κ1) is 29.3. The van der Waals surface area contributed by atoms with E-state index < -0.39 is 17.3 Å². The molecule has 4 rings (SSSR count). The maximum atomic E-state index is 14.0. The summed E-state index contributed by atoms with van der Waals surface area (Å²) in [5.74, 6) is 1.48. The Morgan fingerprint density at radius 2 is 1.62 bits per heavy atom. The minimum absolute atomic E-state index is 0.245. The van der Waals surface area contributed by atoms with Crippen LogP contribution in [0.15, 0.2) is 71.6 Å². The predicted molar refractivity (Wildman–Crippen MR) is 157 cm³/mol. The molecule has 40 heavy (non-hydrogen) atoms. The number of rotatable bonds is 12. The number of thioether (sulfide) groups is 1. The van der Waals surface area contributed by atoms with E-state index in [0.29, 0.717) is 18.8 Å². The molecular formula is C31H36N2O6S. The Morgan fingerprint density at radius 1 is 0.900 bits per heavy atom. The highest BCUT2D eigenvalue weighted by molar-refractivity contribution is 7.99. The molecule has 0 spiro atoms. The van der Waals surface area contributed by atoms with Gasteiger partial charge in [-0.05, 0) is 66.9 Å². The third kappa shape index (κ3) is 7.28. The van der Waals surface area contributed by atoms with Gasteiger partial charge in [-0.1, -0.05) is 24.3 Å². The number of fused-ring (bicyclic) bond motifs is 1.